The molecule has 2 aromatic rings. The largest absolute Gasteiger partial charge is 0.352 e. The van der Waals surface area contributed by atoms with Gasteiger partial charge in [0.05, 0.1) is 6.21 Å². The van der Waals surface area contributed by atoms with E-state index in [4.69, 9.17) is 0 Å². The zero-order valence-corrected chi connectivity index (χ0v) is 14.5. The van der Waals surface area contributed by atoms with Crippen molar-refractivity contribution in [2.75, 3.05) is 0 Å². The number of hydrogen-bond acceptors (Lipinski definition) is 3. The van der Waals surface area contributed by atoms with Crippen molar-refractivity contribution in [1.82, 2.24) is 10.7 Å². The van der Waals surface area contributed by atoms with E-state index in [9.17, 15) is 14.0 Å². The molecule has 136 valence electrons. The minimum absolute atomic E-state index is 0.0245. The molecule has 0 aliphatic heterocycles. The maximum atomic E-state index is 12.8. The van der Waals surface area contributed by atoms with Gasteiger partial charge in [0.25, 0.3) is 0 Å². The fourth-order valence-electron chi connectivity index (χ4n) is 2.24. The highest BCUT2D eigenvalue weighted by molar-refractivity contribution is 5.82. The smallest absolute Gasteiger partial charge is 0.240 e. The highest BCUT2D eigenvalue weighted by Crippen LogP contribution is 2.02. The molecular weight excluding hydrogens is 333 g/mol. The molecule has 2 aromatic carbocycles. The number of rotatable bonds is 9. The molecule has 6 heteroatoms. The Balaban J connectivity index is 1.55. The Labute approximate surface area is 152 Å². The van der Waals surface area contributed by atoms with Gasteiger partial charge in [-0.3, -0.25) is 9.59 Å². The van der Waals surface area contributed by atoms with Gasteiger partial charge in [0.15, 0.2) is 0 Å². The van der Waals surface area contributed by atoms with Crippen LogP contribution < -0.4 is 10.7 Å². The van der Waals surface area contributed by atoms with Gasteiger partial charge in [0.2, 0.25) is 11.8 Å². The second-order valence-corrected chi connectivity index (χ2v) is 5.81. The first-order chi connectivity index (χ1) is 12.6. The van der Waals surface area contributed by atoms with Crippen molar-refractivity contribution in [3.8, 4) is 0 Å². The highest BCUT2D eigenvalue weighted by atomic mass is 19.1. The first-order valence-electron chi connectivity index (χ1n) is 8.51. The molecule has 0 aromatic heterocycles. The van der Waals surface area contributed by atoms with Gasteiger partial charge in [-0.05, 0) is 36.1 Å². The van der Waals surface area contributed by atoms with Crippen molar-refractivity contribution in [1.29, 1.82) is 0 Å². The molecule has 0 saturated heterocycles. The average molecular weight is 355 g/mol. The molecule has 26 heavy (non-hydrogen) atoms. The van der Waals surface area contributed by atoms with Gasteiger partial charge in [-0.25, -0.2) is 9.82 Å². The van der Waals surface area contributed by atoms with E-state index >= 15 is 0 Å². The van der Waals surface area contributed by atoms with Crippen molar-refractivity contribution in [2.45, 2.75) is 32.2 Å². The highest BCUT2D eigenvalue weighted by Gasteiger charge is 2.03. The number of halogens is 1. The molecule has 0 aliphatic carbocycles. The van der Waals surface area contributed by atoms with E-state index in [1.54, 1.807) is 12.1 Å². The number of nitrogens with one attached hydrogen (secondary N) is 2. The second-order valence-electron chi connectivity index (χ2n) is 5.81. The number of carbonyl (C=O) groups excluding carboxylic acids is 2. The topological polar surface area (TPSA) is 70.6 Å². The fraction of sp³-hybridized carbons (Fsp3) is 0.250. The molecule has 0 bridgehead atoms. The number of nitrogens with zero attached hydrogens (tertiary/aromatic N) is 1. The number of carbonyl (C=O) groups is 2. The zero-order chi connectivity index (χ0) is 18.6. The molecule has 2 amide bonds. The van der Waals surface area contributed by atoms with Gasteiger partial charge in [-0.1, -0.05) is 42.5 Å². The maximum Gasteiger partial charge on any atom is 0.240 e. The van der Waals surface area contributed by atoms with Crippen molar-refractivity contribution >= 4 is 18.0 Å². The first-order valence-corrected chi connectivity index (χ1v) is 8.51. The summed E-state index contributed by atoms with van der Waals surface area (Å²) in [4.78, 5) is 23.4. The zero-order valence-electron chi connectivity index (χ0n) is 14.5. The predicted molar refractivity (Wildman–Crippen MR) is 98.9 cm³/mol. The van der Waals surface area contributed by atoms with E-state index in [-0.39, 0.29) is 17.6 Å². The van der Waals surface area contributed by atoms with Gasteiger partial charge in [-0.2, -0.15) is 5.10 Å². The molecule has 0 saturated carbocycles. The Bertz CT molecular complexity index is 730. The van der Waals surface area contributed by atoms with Crippen LogP contribution in [0.2, 0.25) is 0 Å². The summed E-state index contributed by atoms with van der Waals surface area (Å²) in [7, 11) is 0. The lowest BCUT2D eigenvalue weighted by Crippen LogP contribution is -2.22. The van der Waals surface area contributed by atoms with E-state index < -0.39 is 0 Å². The Morgan fingerprint density at radius 1 is 0.923 bits per heavy atom. The SMILES string of the molecule is O=C(CCCCC(=O)N/N=C\c1ccc(F)cc1)NCc1ccccc1. The molecule has 0 radical (unpaired) electrons. The van der Waals surface area contributed by atoms with Gasteiger partial charge in [0.1, 0.15) is 5.82 Å². The molecule has 0 aliphatic rings. The Kier molecular flexibility index (Phi) is 7.99. The van der Waals surface area contributed by atoms with Crippen LogP contribution in [0.15, 0.2) is 59.7 Å². The summed E-state index contributed by atoms with van der Waals surface area (Å²) in [5, 5.41) is 6.68. The molecule has 0 unspecified atom stereocenters. The summed E-state index contributed by atoms with van der Waals surface area (Å²) in [6, 6.07) is 15.5. The molecule has 0 atom stereocenters. The Hall–Kier alpha value is -3.02. The Morgan fingerprint density at radius 2 is 1.58 bits per heavy atom. The predicted octanol–water partition coefficient (Wildman–Crippen LogP) is 3.15. The van der Waals surface area contributed by atoms with Crippen LogP contribution in [0.1, 0.15) is 36.8 Å². The van der Waals surface area contributed by atoms with Crippen molar-refractivity contribution in [2.24, 2.45) is 5.10 Å². The van der Waals surface area contributed by atoms with Crippen LogP contribution in [0.5, 0.6) is 0 Å². The third kappa shape index (κ3) is 7.70. The van der Waals surface area contributed by atoms with Crippen LogP contribution in [0.4, 0.5) is 4.39 Å². The van der Waals surface area contributed by atoms with Gasteiger partial charge in [0, 0.05) is 19.4 Å². The minimum Gasteiger partial charge on any atom is -0.352 e. The summed E-state index contributed by atoms with van der Waals surface area (Å²) >= 11 is 0. The van der Waals surface area contributed by atoms with Gasteiger partial charge < -0.3 is 5.32 Å². The first kappa shape index (κ1) is 19.3. The lowest BCUT2D eigenvalue weighted by atomic mass is 10.1. The quantitative estimate of drug-likeness (QED) is 0.412. The Morgan fingerprint density at radius 3 is 2.27 bits per heavy atom. The van der Waals surface area contributed by atoms with E-state index in [0.29, 0.717) is 37.8 Å². The standard InChI is InChI=1S/C20H22FN3O2/c21-18-12-10-17(11-13-18)15-23-24-20(26)9-5-4-8-19(25)22-14-16-6-2-1-3-7-16/h1-3,6-7,10-13,15H,4-5,8-9,14H2,(H,22,25)(H,24,26)/b23-15-. The van der Waals surface area contributed by atoms with Crippen LogP contribution in [-0.4, -0.2) is 18.0 Å². The maximum absolute atomic E-state index is 12.8. The van der Waals surface area contributed by atoms with E-state index in [2.05, 4.69) is 15.8 Å². The fourth-order valence-corrected chi connectivity index (χ4v) is 2.24. The van der Waals surface area contributed by atoms with E-state index in [1.165, 1.54) is 18.3 Å². The molecular formula is C20H22FN3O2. The lowest BCUT2D eigenvalue weighted by molar-refractivity contribution is -0.123. The molecule has 0 heterocycles. The van der Waals surface area contributed by atoms with Crippen LogP contribution in [-0.2, 0) is 16.1 Å². The molecule has 2 N–H and O–H groups in total. The van der Waals surface area contributed by atoms with Crippen LogP contribution in [0, 0.1) is 5.82 Å². The molecule has 2 rings (SSSR count). The molecule has 0 spiro atoms. The summed E-state index contributed by atoms with van der Waals surface area (Å²) in [5.74, 6) is -0.560. The van der Waals surface area contributed by atoms with E-state index in [0.717, 1.165) is 5.56 Å². The molecule has 0 fully saturated rings. The number of hydrazone groups is 1. The monoisotopic (exact) mass is 355 g/mol. The van der Waals surface area contributed by atoms with Gasteiger partial charge >= 0.3 is 0 Å². The van der Waals surface area contributed by atoms with Crippen LogP contribution in [0.25, 0.3) is 0 Å². The van der Waals surface area contributed by atoms with Crippen molar-refractivity contribution < 1.29 is 14.0 Å². The molecule has 5 nitrogen and oxygen atoms in total. The third-order valence-electron chi connectivity index (χ3n) is 3.66. The number of amides is 2. The average Bonchev–Trinajstić information content (AvgIpc) is 2.66. The lowest BCUT2D eigenvalue weighted by Gasteiger charge is -2.05. The number of hydrogen-bond donors (Lipinski definition) is 2. The van der Waals surface area contributed by atoms with Crippen molar-refractivity contribution in [3.63, 3.8) is 0 Å². The van der Waals surface area contributed by atoms with Crippen LogP contribution in [0.3, 0.4) is 0 Å². The van der Waals surface area contributed by atoms with E-state index in [1.807, 2.05) is 30.3 Å². The van der Waals surface area contributed by atoms with Gasteiger partial charge in [-0.15, -0.1) is 0 Å². The third-order valence-corrected chi connectivity index (χ3v) is 3.66. The summed E-state index contributed by atoms with van der Waals surface area (Å²) < 4.78 is 12.8. The summed E-state index contributed by atoms with van der Waals surface area (Å²) in [6.45, 7) is 0.512. The van der Waals surface area contributed by atoms with Crippen molar-refractivity contribution in [3.05, 3.63) is 71.5 Å². The summed E-state index contributed by atoms with van der Waals surface area (Å²) in [6.07, 6.45) is 3.38. The van der Waals surface area contributed by atoms with Crippen LogP contribution >= 0.6 is 0 Å². The minimum atomic E-state index is -0.320. The summed E-state index contributed by atoms with van der Waals surface area (Å²) in [5.41, 5.74) is 4.17. The normalized spacial score (nSPS) is 10.7. The number of benzene rings is 2. The number of unbranched alkanes of at least 4 members (excludes halogenated alkanes) is 1. The second kappa shape index (κ2) is 10.8.